The molecule has 0 aromatic carbocycles. The first kappa shape index (κ1) is 20.2. The molecule has 5 heterocycles. The second-order valence-electron chi connectivity index (χ2n) is 8.32. The summed E-state index contributed by atoms with van der Waals surface area (Å²) >= 11 is 0. The number of rotatable bonds is 5. The third kappa shape index (κ3) is 4.06. The average molecular weight is 430 g/mol. The zero-order valence-electron chi connectivity index (χ0n) is 18.2. The Morgan fingerprint density at radius 1 is 1.12 bits per heavy atom. The number of nitrogens with two attached hydrogens (primary N) is 1. The van der Waals surface area contributed by atoms with Gasteiger partial charge in [-0.05, 0) is 49.7 Å². The molecule has 0 unspecified atom stereocenters. The number of anilines is 3. The van der Waals surface area contributed by atoms with Crippen molar-refractivity contribution in [3.8, 4) is 11.1 Å². The molecule has 1 aliphatic heterocycles. The van der Waals surface area contributed by atoms with Crippen molar-refractivity contribution in [3.05, 3.63) is 60.8 Å². The summed E-state index contributed by atoms with van der Waals surface area (Å²) in [7, 11) is 0. The fourth-order valence-electron chi connectivity index (χ4n) is 4.36. The maximum absolute atomic E-state index is 5.89. The molecule has 1 saturated heterocycles. The molecule has 0 aliphatic carbocycles. The molecule has 2 atom stereocenters. The van der Waals surface area contributed by atoms with Gasteiger partial charge in [0.1, 0.15) is 23.5 Å². The smallest absolute Gasteiger partial charge is 0.154 e. The van der Waals surface area contributed by atoms with Crippen LogP contribution in [0.4, 0.5) is 17.5 Å². The van der Waals surface area contributed by atoms with Gasteiger partial charge in [-0.15, -0.1) is 0 Å². The first-order chi connectivity index (χ1) is 15.6. The normalized spacial score (nSPS) is 18.8. The molecule has 4 aromatic heterocycles. The monoisotopic (exact) mass is 429 g/mol. The lowest BCUT2D eigenvalue weighted by Gasteiger charge is -2.37. The topological polar surface area (TPSA) is 109 Å². The van der Waals surface area contributed by atoms with E-state index in [1.807, 2.05) is 35.0 Å². The highest BCUT2D eigenvalue weighted by Gasteiger charge is 2.22. The number of nitrogen functional groups attached to an aromatic ring is 1. The van der Waals surface area contributed by atoms with Gasteiger partial charge in [0.2, 0.25) is 0 Å². The van der Waals surface area contributed by atoms with E-state index >= 15 is 0 Å². The van der Waals surface area contributed by atoms with Crippen LogP contribution in [0.15, 0.2) is 55.1 Å². The fraction of sp³-hybridized carbons (Fsp3) is 0.304. The van der Waals surface area contributed by atoms with Gasteiger partial charge in [0.25, 0.3) is 0 Å². The van der Waals surface area contributed by atoms with Gasteiger partial charge < -0.3 is 21.3 Å². The third-order valence-electron chi connectivity index (χ3n) is 5.66. The van der Waals surface area contributed by atoms with Gasteiger partial charge in [-0.2, -0.15) is 5.10 Å². The number of nitrogens with one attached hydrogen (secondary N) is 2. The SMILES string of the molecule is C[C@@H]1CN(c2cccc(CNc3ncnn4ccc(-c5ccnc(N)c5)c34)n2)C[C@H](C)N1. The average Bonchev–Trinajstić information content (AvgIpc) is 3.22. The van der Waals surface area contributed by atoms with Crippen LogP contribution in [0.5, 0.6) is 0 Å². The van der Waals surface area contributed by atoms with E-state index in [0.29, 0.717) is 24.4 Å². The van der Waals surface area contributed by atoms with Crippen molar-refractivity contribution in [2.75, 3.05) is 29.0 Å². The number of pyridine rings is 2. The highest BCUT2D eigenvalue weighted by molar-refractivity contribution is 5.88. The van der Waals surface area contributed by atoms with E-state index in [4.69, 9.17) is 10.7 Å². The zero-order chi connectivity index (χ0) is 22.1. The van der Waals surface area contributed by atoms with E-state index in [-0.39, 0.29) is 0 Å². The van der Waals surface area contributed by atoms with E-state index in [1.165, 1.54) is 0 Å². The van der Waals surface area contributed by atoms with Gasteiger partial charge in [-0.25, -0.2) is 19.5 Å². The van der Waals surface area contributed by atoms with Gasteiger partial charge in [-0.1, -0.05) is 6.07 Å². The van der Waals surface area contributed by atoms with Crippen LogP contribution in [0.3, 0.4) is 0 Å². The van der Waals surface area contributed by atoms with Crippen LogP contribution in [0.2, 0.25) is 0 Å². The summed E-state index contributed by atoms with van der Waals surface area (Å²) in [5.74, 6) is 2.23. The number of hydrogen-bond acceptors (Lipinski definition) is 8. The molecule has 0 saturated carbocycles. The fourth-order valence-corrected chi connectivity index (χ4v) is 4.36. The number of aromatic nitrogens is 5. The Labute approximate surface area is 186 Å². The number of hydrogen-bond donors (Lipinski definition) is 3. The molecular weight excluding hydrogens is 402 g/mol. The van der Waals surface area contributed by atoms with E-state index in [1.54, 1.807) is 12.5 Å². The maximum atomic E-state index is 5.89. The molecule has 4 aromatic rings. The van der Waals surface area contributed by atoms with Crippen LogP contribution < -0.4 is 21.3 Å². The van der Waals surface area contributed by atoms with Crippen LogP contribution >= 0.6 is 0 Å². The van der Waals surface area contributed by atoms with E-state index in [2.05, 4.69) is 56.6 Å². The maximum Gasteiger partial charge on any atom is 0.154 e. The summed E-state index contributed by atoms with van der Waals surface area (Å²) in [6.07, 6.45) is 5.17. The molecule has 0 bridgehead atoms. The minimum atomic E-state index is 0.437. The van der Waals surface area contributed by atoms with E-state index < -0.39 is 0 Å². The lowest BCUT2D eigenvalue weighted by Crippen LogP contribution is -2.54. The number of nitrogens with zero attached hydrogens (tertiary/aromatic N) is 6. The summed E-state index contributed by atoms with van der Waals surface area (Å²) in [5.41, 5.74) is 9.70. The molecule has 164 valence electrons. The highest BCUT2D eigenvalue weighted by atomic mass is 15.3. The van der Waals surface area contributed by atoms with Gasteiger partial charge >= 0.3 is 0 Å². The molecule has 4 N–H and O–H groups in total. The lowest BCUT2D eigenvalue weighted by molar-refractivity contribution is 0.405. The first-order valence-corrected chi connectivity index (χ1v) is 10.8. The van der Waals surface area contributed by atoms with Crippen molar-refractivity contribution in [1.29, 1.82) is 0 Å². The second kappa shape index (κ2) is 8.43. The number of piperazine rings is 1. The molecular formula is C23H27N9. The molecule has 5 rings (SSSR count). The summed E-state index contributed by atoms with van der Waals surface area (Å²) in [4.78, 5) is 15.8. The molecule has 32 heavy (non-hydrogen) atoms. The molecule has 1 fully saturated rings. The Balaban J connectivity index is 1.40. The Kier molecular flexibility index (Phi) is 5.32. The van der Waals surface area contributed by atoms with Crippen LogP contribution in [0.1, 0.15) is 19.5 Å². The van der Waals surface area contributed by atoms with Gasteiger partial charge in [-0.3, -0.25) is 0 Å². The van der Waals surface area contributed by atoms with Crippen molar-refractivity contribution in [2.45, 2.75) is 32.5 Å². The van der Waals surface area contributed by atoms with Crippen molar-refractivity contribution in [3.63, 3.8) is 0 Å². The van der Waals surface area contributed by atoms with Gasteiger partial charge in [0, 0.05) is 43.1 Å². The molecule has 9 heteroatoms. The van der Waals surface area contributed by atoms with Crippen molar-refractivity contribution in [2.24, 2.45) is 0 Å². The standard InChI is InChI=1S/C23H27N9/c1-15-12-31(13-16(2)29-15)21-5-3-4-18(30-21)11-26-23-22-19(7-9-32(22)28-14-27-23)17-6-8-25-20(24)10-17/h3-10,14-16,29H,11-13H2,1-2H3,(H2,24,25)(H,26,27,28)/t15-,16+. The second-order valence-corrected chi connectivity index (χ2v) is 8.32. The molecule has 0 spiro atoms. The van der Waals surface area contributed by atoms with Gasteiger partial charge in [0.15, 0.2) is 5.82 Å². The summed E-state index contributed by atoms with van der Waals surface area (Å²) in [6, 6.07) is 12.8. The quantitative estimate of drug-likeness (QED) is 0.444. The van der Waals surface area contributed by atoms with Crippen LogP contribution in [-0.2, 0) is 6.54 Å². The van der Waals surface area contributed by atoms with E-state index in [9.17, 15) is 0 Å². The Hall–Kier alpha value is -3.72. The summed E-state index contributed by atoms with van der Waals surface area (Å²) < 4.78 is 1.81. The van der Waals surface area contributed by atoms with Gasteiger partial charge in [0.05, 0.1) is 12.2 Å². The predicted octanol–water partition coefficient (Wildman–Crippen LogP) is 2.57. The van der Waals surface area contributed by atoms with Crippen molar-refractivity contribution in [1.82, 2.24) is 29.9 Å². The van der Waals surface area contributed by atoms with Crippen LogP contribution in [0.25, 0.3) is 16.6 Å². The number of fused-ring (bicyclic) bond motifs is 1. The zero-order valence-corrected chi connectivity index (χ0v) is 18.2. The van der Waals surface area contributed by atoms with E-state index in [0.717, 1.165) is 47.1 Å². The van der Waals surface area contributed by atoms with Crippen molar-refractivity contribution < 1.29 is 0 Å². The van der Waals surface area contributed by atoms with Crippen LogP contribution in [0, 0.1) is 0 Å². The first-order valence-electron chi connectivity index (χ1n) is 10.8. The summed E-state index contributed by atoms with van der Waals surface area (Å²) in [6.45, 7) is 6.87. The van der Waals surface area contributed by atoms with Crippen molar-refractivity contribution >= 4 is 23.0 Å². The molecule has 1 aliphatic rings. The summed E-state index contributed by atoms with van der Waals surface area (Å²) in [5, 5.41) is 11.4. The minimum Gasteiger partial charge on any atom is -0.384 e. The highest BCUT2D eigenvalue weighted by Crippen LogP contribution is 2.30. The Morgan fingerprint density at radius 3 is 2.78 bits per heavy atom. The largest absolute Gasteiger partial charge is 0.384 e. The predicted molar refractivity (Wildman–Crippen MR) is 126 cm³/mol. The Morgan fingerprint density at radius 2 is 1.97 bits per heavy atom. The lowest BCUT2D eigenvalue weighted by atomic mass is 10.1. The third-order valence-corrected chi connectivity index (χ3v) is 5.66. The van der Waals surface area contributed by atoms with Crippen LogP contribution in [-0.4, -0.2) is 49.7 Å². The Bertz CT molecular complexity index is 1230. The molecule has 9 nitrogen and oxygen atoms in total. The minimum absolute atomic E-state index is 0.437. The molecule has 0 radical (unpaired) electrons. The molecule has 0 amide bonds.